The Hall–Kier alpha value is -1.84. The van der Waals surface area contributed by atoms with Gasteiger partial charge in [-0.3, -0.25) is 5.10 Å². The highest BCUT2D eigenvalue weighted by Gasteiger charge is 2.13. The molecule has 14 heavy (non-hydrogen) atoms. The molecule has 0 aliphatic rings. The largest absolute Gasteiger partial charge is 0.464 e. The van der Waals surface area contributed by atoms with E-state index < -0.39 is 5.97 Å². The number of nitrogens with zero attached hydrogens (tertiary/aromatic N) is 1. The summed E-state index contributed by atoms with van der Waals surface area (Å²) in [5, 5.41) is 7.49. The zero-order valence-electron chi connectivity index (χ0n) is 8.00. The molecule has 2 aromatic rings. The zero-order valence-corrected chi connectivity index (χ0v) is 8.00. The van der Waals surface area contributed by atoms with Crippen LogP contribution in [0.5, 0.6) is 0 Å². The van der Waals surface area contributed by atoms with E-state index in [2.05, 4.69) is 14.9 Å². The van der Waals surface area contributed by atoms with Crippen molar-refractivity contribution in [2.45, 2.75) is 6.92 Å². The van der Waals surface area contributed by atoms with Gasteiger partial charge in [0.15, 0.2) is 5.69 Å². The van der Waals surface area contributed by atoms with Crippen molar-refractivity contribution in [2.75, 3.05) is 7.11 Å². The highest BCUT2D eigenvalue weighted by molar-refractivity contribution is 6.01. The van der Waals surface area contributed by atoms with Gasteiger partial charge in [-0.05, 0) is 19.1 Å². The highest BCUT2D eigenvalue weighted by atomic mass is 16.5. The van der Waals surface area contributed by atoms with Crippen molar-refractivity contribution in [3.05, 3.63) is 29.5 Å². The Labute approximate surface area is 80.9 Å². The van der Waals surface area contributed by atoms with E-state index in [0.29, 0.717) is 5.69 Å². The number of hydrogen-bond acceptors (Lipinski definition) is 3. The number of fused-ring (bicyclic) bond motifs is 1. The second-order valence-electron chi connectivity index (χ2n) is 3.11. The smallest absolute Gasteiger partial charge is 0.359 e. The molecule has 0 amide bonds. The molecule has 1 heterocycles. The van der Waals surface area contributed by atoms with Gasteiger partial charge in [0.25, 0.3) is 0 Å². The maximum atomic E-state index is 11.3. The lowest BCUT2D eigenvalue weighted by molar-refractivity contribution is 0.0596. The van der Waals surface area contributed by atoms with Gasteiger partial charge < -0.3 is 4.74 Å². The van der Waals surface area contributed by atoms with Crippen LogP contribution in [0.1, 0.15) is 16.1 Å². The Morgan fingerprint density at radius 1 is 1.50 bits per heavy atom. The lowest BCUT2D eigenvalue weighted by atomic mass is 10.1. The number of rotatable bonds is 1. The first-order valence-electron chi connectivity index (χ1n) is 4.25. The van der Waals surface area contributed by atoms with Gasteiger partial charge in [0.1, 0.15) is 0 Å². The number of H-pyrrole nitrogens is 1. The van der Waals surface area contributed by atoms with Crippen LogP contribution in [0.3, 0.4) is 0 Å². The summed E-state index contributed by atoms with van der Waals surface area (Å²) in [4.78, 5) is 11.3. The number of methoxy groups -OCH3 is 1. The summed E-state index contributed by atoms with van der Waals surface area (Å²) < 4.78 is 4.62. The van der Waals surface area contributed by atoms with Gasteiger partial charge in [0, 0.05) is 5.39 Å². The molecule has 72 valence electrons. The van der Waals surface area contributed by atoms with Crippen LogP contribution >= 0.6 is 0 Å². The molecule has 4 nitrogen and oxygen atoms in total. The molecule has 4 heteroatoms. The quantitative estimate of drug-likeness (QED) is 0.696. The molecule has 0 aliphatic carbocycles. The summed E-state index contributed by atoms with van der Waals surface area (Å²) >= 11 is 0. The topological polar surface area (TPSA) is 55.0 Å². The van der Waals surface area contributed by atoms with Crippen molar-refractivity contribution < 1.29 is 9.53 Å². The zero-order chi connectivity index (χ0) is 10.1. The average Bonchev–Trinajstić information content (AvgIpc) is 2.59. The molecular weight excluding hydrogens is 180 g/mol. The number of benzene rings is 1. The lowest BCUT2D eigenvalue weighted by Crippen LogP contribution is -2.01. The molecule has 2 rings (SSSR count). The minimum atomic E-state index is -0.415. The molecule has 0 saturated carbocycles. The molecular formula is C10H10N2O2. The van der Waals surface area contributed by atoms with Gasteiger partial charge >= 0.3 is 5.97 Å². The van der Waals surface area contributed by atoms with Crippen LogP contribution in [0.4, 0.5) is 0 Å². The van der Waals surface area contributed by atoms with Crippen molar-refractivity contribution in [2.24, 2.45) is 0 Å². The molecule has 1 aromatic heterocycles. The minimum absolute atomic E-state index is 0.339. The fourth-order valence-electron chi connectivity index (χ4n) is 1.38. The molecule has 0 fully saturated rings. The number of esters is 1. The van der Waals surface area contributed by atoms with Crippen molar-refractivity contribution >= 4 is 16.9 Å². The third-order valence-corrected chi connectivity index (χ3v) is 2.10. The highest BCUT2D eigenvalue weighted by Crippen LogP contribution is 2.17. The Morgan fingerprint density at radius 3 is 3.00 bits per heavy atom. The normalized spacial score (nSPS) is 10.4. The summed E-state index contributed by atoms with van der Waals surface area (Å²) in [7, 11) is 1.35. The van der Waals surface area contributed by atoms with Gasteiger partial charge in [-0.2, -0.15) is 5.10 Å². The molecule has 0 radical (unpaired) electrons. The van der Waals surface area contributed by atoms with E-state index in [1.54, 1.807) is 0 Å². The standard InChI is InChI=1S/C10H10N2O2/c1-6-3-4-8-7(5-6)9(12-11-8)10(13)14-2/h3-5H,1-2H3,(H,11,12). The van der Waals surface area contributed by atoms with Gasteiger partial charge in [0.2, 0.25) is 0 Å². The number of carbonyl (C=O) groups excluding carboxylic acids is 1. The van der Waals surface area contributed by atoms with E-state index in [1.165, 1.54) is 7.11 Å². The van der Waals surface area contributed by atoms with Crippen LogP contribution in [-0.2, 0) is 4.74 Å². The maximum absolute atomic E-state index is 11.3. The number of carbonyl (C=O) groups is 1. The number of ether oxygens (including phenoxy) is 1. The van der Waals surface area contributed by atoms with Gasteiger partial charge in [0.05, 0.1) is 12.6 Å². The third kappa shape index (κ3) is 1.25. The van der Waals surface area contributed by atoms with Crippen LogP contribution in [-0.4, -0.2) is 23.3 Å². The van der Waals surface area contributed by atoms with E-state index in [1.807, 2.05) is 25.1 Å². The van der Waals surface area contributed by atoms with Crippen LogP contribution in [0, 0.1) is 6.92 Å². The van der Waals surface area contributed by atoms with Gasteiger partial charge in [-0.25, -0.2) is 4.79 Å². The van der Waals surface area contributed by atoms with Crippen LogP contribution in [0.25, 0.3) is 10.9 Å². The number of hydrogen-bond donors (Lipinski definition) is 1. The first-order chi connectivity index (χ1) is 6.72. The van der Waals surface area contributed by atoms with Gasteiger partial charge in [-0.1, -0.05) is 11.6 Å². The Morgan fingerprint density at radius 2 is 2.29 bits per heavy atom. The fraction of sp³-hybridized carbons (Fsp3) is 0.200. The number of nitrogens with one attached hydrogen (secondary N) is 1. The summed E-state index contributed by atoms with van der Waals surface area (Å²) in [6, 6.07) is 5.76. The molecule has 0 unspecified atom stereocenters. The number of aromatic amines is 1. The van der Waals surface area contributed by atoms with Crippen molar-refractivity contribution in [3.8, 4) is 0 Å². The average molecular weight is 190 g/mol. The third-order valence-electron chi connectivity index (χ3n) is 2.10. The Kier molecular flexibility index (Phi) is 1.96. The summed E-state index contributed by atoms with van der Waals surface area (Å²) in [5.74, 6) is -0.415. The monoisotopic (exact) mass is 190 g/mol. The Balaban J connectivity index is 2.67. The van der Waals surface area contributed by atoms with Gasteiger partial charge in [-0.15, -0.1) is 0 Å². The summed E-state index contributed by atoms with van der Waals surface area (Å²) in [5.41, 5.74) is 2.27. The van der Waals surface area contributed by atoms with Crippen molar-refractivity contribution in [1.82, 2.24) is 10.2 Å². The fourth-order valence-corrected chi connectivity index (χ4v) is 1.38. The molecule has 0 spiro atoms. The van der Waals surface area contributed by atoms with Crippen LogP contribution in [0.15, 0.2) is 18.2 Å². The first-order valence-corrected chi connectivity index (χ1v) is 4.25. The van der Waals surface area contributed by atoms with Crippen LogP contribution < -0.4 is 0 Å². The predicted molar refractivity (Wildman–Crippen MR) is 52.2 cm³/mol. The molecule has 0 atom stereocenters. The van der Waals surface area contributed by atoms with E-state index >= 15 is 0 Å². The molecule has 0 bridgehead atoms. The minimum Gasteiger partial charge on any atom is -0.464 e. The second-order valence-corrected chi connectivity index (χ2v) is 3.11. The molecule has 0 aliphatic heterocycles. The number of aromatic nitrogens is 2. The maximum Gasteiger partial charge on any atom is 0.359 e. The molecule has 1 aromatic carbocycles. The van der Waals surface area contributed by atoms with Crippen molar-refractivity contribution in [3.63, 3.8) is 0 Å². The van der Waals surface area contributed by atoms with E-state index in [4.69, 9.17) is 0 Å². The molecule has 1 N–H and O–H groups in total. The van der Waals surface area contributed by atoms with Crippen molar-refractivity contribution in [1.29, 1.82) is 0 Å². The summed E-state index contributed by atoms with van der Waals surface area (Å²) in [6.45, 7) is 1.97. The lowest BCUT2D eigenvalue weighted by Gasteiger charge is -1.95. The first kappa shape index (κ1) is 8.74. The predicted octanol–water partition coefficient (Wildman–Crippen LogP) is 1.66. The van der Waals surface area contributed by atoms with E-state index in [0.717, 1.165) is 16.5 Å². The second kappa shape index (κ2) is 3.14. The van der Waals surface area contributed by atoms with Crippen LogP contribution in [0.2, 0.25) is 0 Å². The SMILES string of the molecule is COC(=O)c1n[nH]c2ccc(C)cc12. The number of aryl methyl sites for hydroxylation is 1. The van der Waals surface area contributed by atoms with E-state index in [9.17, 15) is 4.79 Å². The van der Waals surface area contributed by atoms with E-state index in [-0.39, 0.29) is 0 Å². The summed E-state index contributed by atoms with van der Waals surface area (Å²) in [6.07, 6.45) is 0. The molecule has 0 saturated heterocycles. The Bertz CT molecular complexity index is 488.